The first-order valence-electron chi connectivity index (χ1n) is 14.0. The number of nitrogens with zero attached hydrogens (tertiary/aromatic N) is 1. The Morgan fingerprint density at radius 1 is 0.872 bits per heavy atom. The molecule has 1 atom stereocenters. The number of aryl methyl sites for hydroxylation is 1. The number of benzene rings is 3. The third-order valence-electron chi connectivity index (χ3n) is 8.27. The largest absolute Gasteiger partial charge is 0.445 e. The average molecular weight is 538 g/mol. The van der Waals surface area contributed by atoms with E-state index in [0.29, 0.717) is 25.4 Å². The number of hydrogen-bond acceptors (Lipinski definition) is 2. The number of ether oxygens (including phenoxy) is 1. The van der Waals surface area contributed by atoms with Gasteiger partial charge in [-0.1, -0.05) is 98.6 Å². The minimum absolute atomic E-state index is 0.0154. The van der Waals surface area contributed by atoms with Crippen molar-refractivity contribution in [3.05, 3.63) is 107 Å². The molecule has 0 N–H and O–H groups in total. The molecular formula is C33H38F3NO2. The fourth-order valence-electron chi connectivity index (χ4n) is 5.87. The van der Waals surface area contributed by atoms with Gasteiger partial charge < -0.3 is 9.64 Å². The van der Waals surface area contributed by atoms with Crippen LogP contribution >= 0.6 is 0 Å². The highest BCUT2D eigenvalue weighted by Crippen LogP contribution is 2.44. The summed E-state index contributed by atoms with van der Waals surface area (Å²) in [5, 5.41) is 0. The van der Waals surface area contributed by atoms with Gasteiger partial charge in [0.15, 0.2) is 0 Å². The zero-order valence-corrected chi connectivity index (χ0v) is 22.6. The molecule has 1 heterocycles. The van der Waals surface area contributed by atoms with Crippen LogP contribution in [0.1, 0.15) is 67.7 Å². The normalized spacial score (nSPS) is 16.1. The third-order valence-corrected chi connectivity index (χ3v) is 8.27. The lowest BCUT2D eigenvalue weighted by Gasteiger charge is -2.46. The molecule has 1 aliphatic rings. The molecule has 3 aromatic carbocycles. The van der Waals surface area contributed by atoms with Crippen molar-refractivity contribution in [2.75, 3.05) is 13.1 Å². The Hall–Kier alpha value is -3.28. The molecule has 39 heavy (non-hydrogen) atoms. The number of unbranched alkanes of at least 4 members (excludes halogenated alkanes) is 2. The number of carbonyl (C=O) groups is 1. The Morgan fingerprint density at radius 2 is 1.51 bits per heavy atom. The van der Waals surface area contributed by atoms with Gasteiger partial charge >= 0.3 is 12.3 Å². The number of amides is 1. The van der Waals surface area contributed by atoms with Crippen LogP contribution in [0.15, 0.2) is 84.9 Å². The molecule has 1 amide bonds. The van der Waals surface area contributed by atoms with Gasteiger partial charge in [-0.25, -0.2) is 4.79 Å². The third kappa shape index (κ3) is 7.65. The highest BCUT2D eigenvalue weighted by Gasteiger charge is 2.41. The number of piperidine rings is 1. The van der Waals surface area contributed by atoms with Crippen LogP contribution in [0.5, 0.6) is 0 Å². The predicted molar refractivity (Wildman–Crippen MR) is 148 cm³/mol. The summed E-state index contributed by atoms with van der Waals surface area (Å²) in [7, 11) is 0. The summed E-state index contributed by atoms with van der Waals surface area (Å²) in [4.78, 5) is 14.6. The number of hydrogen-bond donors (Lipinski definition) is 0. The number of alkyl halides is 3. The molecule has 6 heteroatoms. The Kier molecular flexibility index (Phi) is 9.71. The second-order valence-electron chi connectivity index (χ2n) is 10.7. The van der Waals surface area contributed by atoms with E-state index in [2.05, 4.69) is 31.2 Å². The zero-order valence-electron chi connectivity index (χ0n) is 22.6. The average Bonchev–Trinajstić information content (AvgIpc) is 2.96. The maximum atomic E-state index is 13.0. The first-order valence-corrected chi connectivity index (χ1v) is 14.0. The summed E-state index contributed by atoms with van der Waals surface area (Å²) in [6.07, 6.45) is 1.76. The molecule has 0 aromatic heterocycles. The van der Waals surface area contributed by atoms with E-state index < -0.39 is 11.7 Å². The highest BCUT2D eigenvalue weighted by molar-refractivity contribution is 5.67. The first kappa shape index (κ1) is 28.7. The quantitative estimate of drug-likeness (QED) is 0.242. The number of likely N-dealkylation sites (tertiary alicyclic amines) is 1. The van der Waals surface area contributed by atoms with Crippen molar-refractivity contribution in [1.29, 1.82) is 0 Å². The molecule has 4 rings (SSSR count). The predicted octanol–water partition coefficient (Wildman–Crippen LogP) is 8.82. The summed E-state index contributed by atoms with van der Waals surface area (Å²) in [6.45, 7) is 3.89. The monoisotopic (exact) mass is 537 g/mol. The van der Waals surface area contributed by atoms with Crippen LogP contribution in [0, 0.1) is 5.92 Å². The van der Waals surface area contributed by atoms with Crippen LogP contribution in [0.25, 0.3) is 0 Å². The Bertz CT molecular complexity index is 1170. The van der Waals surface area contributed by atoms with E-state index in [4.69, 9.17) is 4.74 Å². The Morgan fingerprint density at radius 3 is 2.18 bits per heavy atom. The molecule has 3 nitrogen and oxygen atoms in total. The molecule has 0 saturated carbocycles. The van der Waals surface area contributed by atoms with E-state index >= 15 is 0 Å². The lowest BCUT2D eigenvalue weighted by molar-refractivity contribution is -0.137. The summed E-state index contributed by atoms with van der Waals surface area (Å²) < 4.78 is 44.6. The molecular weight excluding hydrogens is 499 g/mol. The van der Waals surface area contributed by atoms with Gasteiger partial charge in [0, 0.05) is 18.5 Å². The Labute approximate surface area is 230 Å². The van der Waals surface area contributed by atoms with Gasteiger partial charge in [0.1, 0.15) is 6.61 Å². The van der Waals surface area contributed by atoms with Crippen molar-refractivity contribution in [3.63, 3.8) is 0 Å². The first-order chi connectivity index (χ1) is 18.8. The van der Waals surface area contributed by atoms with E-state index in [1.807, 2.05) is 41.3 Å². The van der Waals surface area contributed by atoms with Gasteiger partial charge in [-0.05, 0) is 60.8 Å². The van der Waals surface area contributed by atoms with Gasteiger partial charge in [0.05, 0.1) is 5.56 Å². The van der Waals surface area contributed by atoms with E-state index in [-0.39, 0.29) is 18.1 Å². The summed E-state index contributed by atoms with van der Waals surface area (Å²) in [6, 6.07) is 26.0. The van der Waals surface area contributed by atoms with Crippen molar-refractivity contribution in [3.8, 4) is 0 Å². The lowest BCUT2D eigenvalue weighted by atomic mass is 9.63. The second-order valence-corrected chi connectivity index (χ2v) is 10.7. The van der Waals surface area contributed by atoms with Crippen LogP contribution < -0.4 is 0 Å². The molecule has 1 fully saturated rings. The van der Waals surface area contributed by atoms with E-state index in [9.17, 15) is 18.0 Å². The molecule has 0 aliphatic carbocycles. The van der Waals surface area contributed by atoms with Gasteiger partial charge in [0.2, 0.25) is 0 Å². The van der Waals surface area contributed by atoms with Gasteiger partial charge in [-0.15, -0.1) is 0 Å². The maximum Gasteiger partial charge on any atom is 0.416 e. The minimum Gasteiger partial charge on any atom is -0.445 e. The van der Waals surface area contributed by atoms with Crippen molar-refractivity contribution in [1.82, 2.24) is 4.90 Å². The van der Waals surface area contributed by atoms with Gasteiger partial charge in [-0.2, -0.15) is 13.2 Å². The van der Waals surface area contributed by atoms with E-state index in [0.717, 1.165) is 55.7 Å². The fraction of sp³-hybridized carbons (Fsp3) is 0.424. The topological polar surface area (TPSA) is 29.5 Å². The second kappa shape index (κ2) is 13.2. The van der Waals surface area contributed by atoms with Crippen LogP contribution in [-0.2, 0) is 29.4 Å². The van der Waals surface area contributed by atoms with Crippen molar-refractivity contribution in [2.45, 2.75) is 70.1 Å². The fourth-order valence-corrected chi connectivity index (χ4v) is 5.87. The van der Waals surface area contributed by atoms with Crippen LogP contribution in [0.4, 0.5) is 18.0 Å². The molecule has 1 unspecified atom stereocenters. The Balaban J connectivity index is 1.30. The number of carbonyl (C=O) groups excluding carboxylic acids is 1. The summed E-state index contributed by atoms with van der Waals surface area (Å²) >= 11 is 0. The lowest BCUT2D eigenvalue weighted by Crippen LogP contribution is -2.48. The molecule has 1 aliphatic heterocycles. The molecule has 0 radical (unpaired) electrons. The van der Waals surface area contributed by atoms with Crippen LogP contribution in [0.2, 0.25) is 0 Å². The molecule has 1 saturated heterocycles. The van der Waals surface area contributed by atoms with Crippen LogP contribution in [-0.4, -0.2) is 24.1 Å². The van der Waals surface area contributed by atoms with Crippen molar-refractivity contribution >= 4 is 6.09 Å². The van der Waals surface area contributed by atoms with E-state index in [1.165, 1.54) is 17.7 Å². The molecule has 3 aromatic rings. The zero-order chi connectivity index (χ0) is 27.7. The van der Waals surface area contributed by atoms with Crippen molar-refractivity contribution in [2.24, 2.45) is 5.92 Å². The molecule has 208 valence electrons. The smallest absolute Gasteiger partial charge is 0.416 e. The standard InChI is InChI=1S/C33H38F3NO2/c1-26(12-5-2-6-13-27-16-11-19-30(24-27)33(34,35)36)32(29-17-9-4-10-18-29)20-22-37(23-21-32)31(38)39-25-28-14-7-3-8-15-28/h3-4,7-11,14-19,24,26H,2,5-6,12-13,20-23,25H2,1H3. The van der Waals surface area contributed by atoms with Crippen LogP contribution in [0.3, 0.4) is 0 Å². The number of halogens is 3. The van der Waals surface area contributed by atoms with Crippen molar-refractivity contribution < 1.29 is 22.7 Å². The maximum absolute atomic E-state index is 13.0. The molecule has 0 bridgehead atoms. The number of rotatable bonds is 10. The van der Waals surface area contributed by atoms with Gasteiger partial charge in [-0.3, -0.25) is 0 Å². The van der Waals surface area contributed by atoms with E-state index in [1.54, 1.807) is 6.07 Å². The summed E-state index contributed by atoms with van der Waals surface area (Å²) in [5.74, 6) is 0.413. The minimum atomic E-state index is -4.30. The molecule has 0 spiro atoms. The van der Waals surface area contributed by atoms with Gasteiger partial charge in [0.25, 0.3) is 0 Å². The highest BCUT2D eigenvalue weighted by atomic mass is 19.4. The SMILES string of the molecule is CC(CCCCCc1cccc(C(F)(F)F)c1)C1(c2ccccc2)CCN(C(=O)OCc2ccccc2)CC1. The summed E-state index contributed by atoms with van der Waals surface area (Å²) in [5.41, 5.74) is 2.44.